The highest BCUT2D eigenvalue weighted by molar-refractivity contribution is 6.10. The predicted octanol–water partition coefficient (Wildman–Crippen LogP) is 0.438. The van der Waals surface area contributed by atoms with Crippen LogP contribution in [-0.2, 0) is 15.1 Å². The van der Waals surface area contributed by atoms with Gasteiger partial charge in [0.15, 0.2) is 0 Å². The van der Waals surface area contributed by atoms with Crippen LogP contribution >= 0.6 is 0 Å². The lowest BCUT2D eigenvalue weighted by Crippen LogP contribution is -2.47. The van der Waals surface area contributed by atoms with Crippen molar-refractivity contribution in [3.05, 3.63) is 35.6 Å². The van der Waals surface area contributed by atoms with E-state index in [-0.39, 0.29) is 5.56 Å². The summed E-state index contributed by atoms with van der Waals surface area (Å²) in [5, 5.41) is 6.73. The Morgan fingerprint density at radius 2 is 1.96 bits per heavy atom. The van der Waals surface area contributed by atoms with E-state index >= 15 is 0 Å². The summed E-state index contributed by atoms with van der Waals surface area (Å²) < 4.78 is 14.0. The zero-order valence-corrected chi connectivity index (χ0v) is 13.2. The van der Waals surface area contributed by atoms with Crippen LogP contribution in [0.25, 0.3) is 0 Å². The van der Waals surface area contributed by atoms with Crippen LogP contribution in [0.4, 0.5) is 14.0 Å². The fourth-order valence-electron chi connectivity index (χ4n) is 2.40. The van der Waals surface area contributed by atoms with Crippen molar-refractivity contribution in [3.8, 4) is 0 Å². The number of nitrogens with zero attached hydrogens (tertiary/aromatic N) is 1. The van der Waals surface area contributed by atoms with Gasteiger partial charge in [0.1, 0.15) is 17.9 Å². The van der Waals surface area contributed by atoms with Crippen LogP contribution in [0.5, 0.6) is 0 Å². The molecule has 1 aromatic rings. The number of benzene rings is 1. The van der Waals surface area contributed by atoms with Crippen molar-refractivity contribution >= 4 is 23.9 Å². The van der Waals surface area contributed by atoms with Gasteiger partial charge in [-0.3, -0.25) is 19.8 Å². The largest absolute Gasteiger partial charge is 0.338 e. The van der Waals surface area contributed by atoms with Crippen LogP contribution in [-0.4, -0.2) is 41.9 Å². The molecule has 1 atom stereocenters. The van der Waals surface area contributed by atoms with E-state index in [1.54, 1.807) is 6.92 Å². The van der Waals surface area contributed by atoms with Crippen molar-refractivity contribution in [2.45, 2.75) is 19.4 Å². The zero-order valence-electron chi connectivity index (χ0n) is 13.2. The van der Waals surface area contributed by atoms with Crippen LogP contribution in [0.1, 0.15) is 19.4 Å². The molecule has 9 heteroatoms. The Morgan fingerprint density at radius 1 is 1.29 bits per heavy atom. The summed E-state index contributed by atoms with van der Waals surface area (Å²) in [4.78, 5) is 48.3. The lowest BCUT2D eigenvalue weighted by Gasteiger charge is -2.22. The summed E-state index contributed by atoms with van der Waals surface area (Å²) in [6.45, 7) is 2.69. The smallest absolute Gasteiger partial charge is 0.325 e. The molecule has 1 saturated heterocycles. The molecule has 1 aliphatic heterocycles. The van der Waals surface area contributed by atoms with E-state index in [2.05, 4.69) is 10.6 Å². The molecule has 1 aromatic carbocycles. The summed E-state index contributed by atoms with van der Waals surface area (Å²) in [5.41, 5.74) is -1.62. The van der Waals surface area contributed by atoms with Crippen molar-refractivity contribution in [3.63, 3.8) is 0 Å². The van der Waals surface area contributed by atoms with Crippen LogP contribution in [0.15, 0.2) is 24.3 Å². The number of rotatable bonds is 4. The molecule has 0 spiro atoms. The van der Waals surface area contributed by atoms with Crippen molar-refractivity contribution < 1.29 is 23.6 Å². The summed E-state index contributed by atoms with van der Waals surface area (Å²) >= 11 is 0. The Labute approximate surface area is 137 Å². The van der Waals surface area contributed by atoms with Crippen molar-refractivity contribution in [1.29, 1.82) is 0 Å². The number of hydrogen-bond acceptors (Lipinski definition) is 4. The first-order valence-electron chi connectivity index (χ1n) is 7.26. The maximum absolute atomic E-state index is 14.0. The lowest BCUT2D eigenvalue weighted by atomic mass is 9.91. The van der Waals surface area contributed by atoms with Gasteiger partial charge in [-0.2, -0.15) is 0 Å². The fraction of sp³-hybridized carbons (Fsp3) is 0.333. The Kier molecular flexibility index (Phi) is 4.82. The Bertz CT molecular complexity index is 708. The molecule has 0 aliphatic carbocycles. The standard InChI is InChI=1S/C15H17FN4O4/c1-3-17-13(23)18-11(21)8-20-12(22)15(2,19-14(20)24)9-6-4-5-7-10(9)16/h4-7H,3,8H2,1-2H3,(H,19,24)(H2,17,18,21,23)/t15-/m1/s1. The predicted molar refractivity (Wildman–Crippen MR) is 81.2 cm³/mol. The van der Waals surface area contributed by atoms with Gasteiger partial charge in [-0.05, 0) is 19.9 Å². The zero-order chi connectivity index (χ0) is 17.9. The number of hydrogen-bond donors (Lipinski definition) is 3. The first-order valence-corrected chi connectivity index (χ1v) is 7.26. The average Bonchev–Trinajstić information content (AvgIpc) is 2.72. The van der Waals surface area contributed by atoms with E-state index in [9.17, 15) is 23.6 Å². The van der Waals surface area contributed by atoms with E-state index in [1.807, 2.05) is 5.32 Å². The molecule has 0 aromatic heterocycles. The van der Waals surface area contributed by atoms with E-state index in [0.29, 0.717) is 11.4 Å². The second-order valence-corrected chi connectivity index (χ2v) is 5.33. The highest BCUT2D eigenvalue weighted by Crippen LogP contribution is 2.30. The van der Waals surface area contributed by atoms with Gasteiger partial charge in [0, 0.05) is 12.1 Å². The molecule has 1 heterocycles. The Balaban J connectivity index is 2.16. The van der Waals surface area contributed by atoms with Gasteiger partial charge in [0.2, 0.25) is 5.91 Å². The normalized spacial score (nSPS) is 19.9. The number of carbonyl (C=O) groups is 4. The topological polar surface area (TPSA) is 108 Å². The van der Waals surface area contributed by atoms with Crippen LogP contribution in [0.2, 0.25) is 0 Å². The Hall–Kier alpha value is -2.97. The molecule has 24 heavy (non-hydrogen) atoms. The minimum absolute atomic E-state index is 0.00464. The SMILES string of the molecule is CCNC(=O)NC(=O)CN1C(=O)N[C@](C)(c2ccccc2F)C1=O. The van der Waals surface area contributed by atoms with Gasteiger partial charge < -0.3 is 10.6 Å². The molecule has 128 valence electrons. The number of amides is 6. The van der Waals surface area contributed by atoms with E-state index in [1.165, 1.54) is 31.2 Å². The molecule has 2 rings (SSSR count). The molecular weight excluding hydrogens is 319 g/mol. The van der Waals surface area contributed by atoms with Gasteiger partial charge in [0.25, 0.3) is 5.91 Å². The highest BCUT2D eigenvalue weighted by atomic mass is 19.1. The summed E-state index contributed by atoms with van der Waals surface area (Å²) in [6.07, 6.45) is 0. The second kappa shape index (κ2) is 6.65. The highest BCUT2D eigenvalue weighted by Gasteiger charge is 2.50. The molecule has 1 fully saturated rings. The van der Waals surface area contributed by atoms with Gasteiger partial charge >= 0.3 is 12.1 Å². The minimum Gasteiger partial charge on any atom is -0.338 e. The molecular formula is C15H17FN4O4. The fourth-order valence-corrected chi connectivity index (χ4v) is 2.40. The molecule has 0 saturated carbocycles. The first-order chi connectivity index (χ1) is 11.3. The van der Waals surface area contributed by atoms with Gasteiger partial charge in [-0.1, -0.05) is 18.2 Å². The number of carbonyl (C=O) groups excluding carboxylic acids is 4. The van der Waals surface area contributed by atoms with Crippen LogP contribution in [0.3, 0.4) is 0 Å². The third kappa shape index (κ3) is 3.19. The van der Waals surface area contributed by atoms with Crippen molar-refractivity contribution in [2.75, 3.05) is 13.1 Å². The third-order valence-electron chi connectivity index (χ3n) is 3.58. The van der Waals surface area contributed by atoms with Crippen molar-refractivity contribution in [2.24, 2.45) is 0 Å². The Morgan fingerprint density at radius 3 is 2.58 bits per heavy atom. The molecule has 8 nitrogen and oxygen atoms in total. The van der Waals surface area contributed by atoms with Gasteiger partial charge in [-0.25, -0.2) is 14.0 Å². The van der Waals surface area contributed by atoms with Crippen LogP contribution in [0, 0.1) is 5.82 Å². The third-order valence-corrected chi connectivity index (χ3v) is 3.58. The summed E-state index contributed by atoms with van der Waals surface area (Å²) in [5.74, 6) is -2.26. The number of imide groups is 2. The number of nitrogens with one attached hydrogen (secondary N) is 3. The van der Waals surface area contributed by atoms with E-state index < -0.39 is 41.8 Å². The van der Waals surface area contributed by atoms with Gasteiger partial charge in [0.05, 0.1) is 0 Å². The minimum atomic E-state index is -1.62. The van der Waals surface area contributed by atoms with Gasteiger partial charge in [-0.15, -0.1) is 0 Å². The molecule has 0 unspecified atom stereocenters. The number of halogens is 1. The summed E-state index contributed by atoms with van der Waals surface area (Å²) in [6, 6.07) is 3.98. The first kappa shape index (κ1) is 17.4. The maximum Gasteiger partial charge on any atom is 0.325 e. The van der Waals surface area contributed by atoms with Crippen molar-refractivity contribution in [1.82, 2.24) is 20.9 Å². The number of urea groups is 2. The molecule has 0 radical (unpaired) electrons. The summed E-state index contributed by atoms with van der Waals surface area (Å²) in [7, 11) is 0. The molecule has 0 bridgehead atoms. The molecule has 6 amide bonds. The molecule has 1 aliphatic rings. The maximum atomic E-state index is 14.0. The monoisotopic (exact) mass is 336 g/mol. The molecule has 3 N–H and O–H groups in total. The van der Waals surface area contributed by atoms with E-state index in [0.717, 1.165) is 0 Å². The van der Waals surface area contributed by atoms with E-state index in [4.69, 9.17) is 0 Å². The second-order valence-electron chi connectivity index (χ2n) is 5.33. The van der Waals surface area contributed by atoms with Crippen LogP contribution < -0.4 is 16.0 Å². The lowest BCUT2D eigenvalue weighted by molar-refractivity contribution is -0.134. The average molecular weight is 336 g/mol. The quantitative estimate of drug-likeness (QED) is 0.693.